The number of nitro benzene ring substituents is 1. The molecule has 0 aliphatic heterocycles. The predicted octanol–water partition coefficient (Wildman–Crippen LogP) is -1.07. The zero-order valence-corrected chi connectivity index (χ0v) is 10.6. The van der Waals surface area contributed by atoms with Gasteiger partial charge >= 0.3 is 0 Å². The Morgan fingerprint density at radius 3 is 2.35 bits per heavy atom. The van der Waals surface area contributed by atoms with Crippen molar-refractivity contribution >= 4 is 5.69 Å². The number of halogens is 1. The number of hydrogen-bond donors (Lipinski definition) is 0. The minimum absolute atomic E-state index is 0. The Morgan fingerprint density at radius 2 is 1.71 bits per heavy atom. The Balaban J connectivity index is 0.00000144. The van der Waals surface area contributed by atoms with E-state index in [2.05, 4.69) is 0 Å². The summed E-state index contributed by atoms with van der Waals surface area (Å²) in [6.45, 7) is 0.512. The monoisotopic (exact) mass is 294 g/mol. The molecule has 0 saturated heterocycles. The number of para-hydroxylation sites is 1. The van der Waals surface area contributed by atoms with Crippen LogP contribution in [0.2, 0.25) is 0 Å². The molecule has 1 aromatic heterocycles. The third-order valence-corrected chi connectivity index (χ3v) is 2.32. The fourth-order valence-electron chi connectivity index (χ4n) is 1.56. The molecule has 4 nitrogen and oxygen atoms in total. The van der Waals surface area contributed by atoms with Gasteiger partial charge in [-0.25, -0.2) is 4.57 Å². The van der Waals surface area contributed by atoms with Gasteiger partial charge in [0.25, 0.3) is 5.69 Å². The second-order valence-electron chi connectivity index (χ2n) is 3.43. The van der Waals surface area contributed by atoms with E-state index < -0.39 is 0 Å². The molecule has 0 aliphatic carbocycles. The maximum atomic E-state index is 10.8. The highest BCUT2D eigenvalue weighted by molar-refractivity contribution is 5.38. The Hall–Kier alpha value is -1.75. The zero-order valence-electron chi connectivity index (χ0n) is 8.99. The van der Waals surface area contributed by atoms with Crippen LogP contribution in [-0.2, 0) is 6.54 Å². The summed E-state index contributed by atoms with van der Waals surface area (Å²) in [5, 5.41) is 10.8. The van der Waals surface area contributed by atoms with Crippen LogP contribution in [0.3, 0.4) is 0 Å². The first-order chi connectivity index (χ1) is 7.77. The van der Waals surface area contributed by atoms with Crippen molar-refractivity contribution in [1.29, 1.82) is 0 Å². The molecule has 1 aromatic carbocycles. The van der Waals surface area contributed by atoms with Crippen LogP contribution >= 0.6 is 0 Å². The van der Waals surface area contributed by atoms with Gasteiger partial charge in [-0.3, -0.25) is 10.1 Å². The van der Waals surface area contributed by atoms with Gasteiger partial charge in [-0.05, 0) is 6.07 Å². The van der Waals surface area contributed by atoms with E-state index in [-0.39, 0.29) is 27.6 Å². The molecule has 17 heavy (non-hydrogen) atoms. The van der Waals surface area contributed by atoms with Gasteiger partial charge in [-0.1, -0.05) is 18.2 Å². The van der Waals surface area contributed by atoms with E-state index >= 15 is 0 Å². The molecule has 0 atom stereocenters. The van der Waals surface area contributed by atoms with Crippen LogP contribution in [0.25, 0.3) is 0 Å². The van der Waals surface area contributed by atoms with E-state index in [9.17, 15) is 10.1 Å². The van der Waals surface area contributed by atoms with E-state index in [0.717, 1.165) is 0 Å². The summed E-state index contributed by atoms with van der Waals surface area (Å²) in [6, 6.07) is 12.5. The molecule has 0 N–H and O–H groups in total. The molecular weight excluding hydrogens is 284 g/mol. The lowest BCUT2D eigenvalue weighted by Crippen LogP contribution is -3.00. The third kappa shape index (κ3) is 3.35. The lowest BCUT2D eigenvalue weighted by atomic mass is 10.2. The molecule has 0 saturated carbocycles. The number of nitrogens with zero attached hydrogens (tertiary/aromatic N) is 2. The molecule has 0 spiro atoms. The molecule has 0 amide bonds. The van der Waals surface area contributed by atoms with Crippen molar-refractivity contribution in [2.45, 2.75) is 6.54 Å². The fraction of sp³-hybridized carbons (Fsp3) is 0.0833. The van der Waals surface area contributed by atoms with Gasteiger partial charge in [-0.15, -0.1) is 0 Å². The number of rotatable bonds is 3. The van der Waals surface area contributed by atoms with Crippen molar-refractivity contribution in [2.75, 3.05) is 0 Å². The molecule has 88 valence electrons. The molecule has 0 unspecified atom stereocenters. The van der Waals surface area contributed by atoms with Crippen molar-refractivity contribution in [2.24, 2.45) is 0 Å². The van der Waals surface area contributed by atoms with Crippen LogP contribution in [0.5, 0.6) is 0 Å². The van der Waals surface area contributed by atoms with Crippen molar-refractivity contribution in [3.63, 3.8) is 0 Å². The fourth-order valence-corrected chi connectivity index (χ4v) is 1.56. The summed E-state index contributed by atoms with van der Waals surface area (Å²) < 4.78 is 1.91. The number of aromatic nitrogens is 1. The molecule has 0 fully saturated rings. The summed E-state index contributed by atoms with van der Waals surface area (Å²) in [5.41, 5.74) is 0.877. The number of nitro groups is 1. The maximum absolute atomic E-state index is 10.8. The van der Waals surface area contributed by atoms with E-state index in [4.69, 9.17) is 0 Å². The summed E-state index contributed by atoms with van der Waals surface area (Å²) in [4.78, 5) is 10.5. The Bertz CT molecular complexity index is 503. The molecule has 2 aromatic rings. The second-order valence-corrected chi connectivity index (χ2v) is 3.43. The van der Waals surface area contributed by atoms with Gasteiger partial charge in [0.1, 0.15) is 0 Å². The van der Waals surface area contributed by atoms with Gasteiger partial charge in [0.05, 0.1) is 10.5 Å². The van der Waals surface area contributed by atoms with Gasteiger partial charge < -0.3 is 17.0 Å². The molecule has 0 bridgehead atoms. The van der Waals surface area contributed by atoms with Crippen molar-refractivity contribution in [1.82, 2.24) is 0 Å². The largest absolute Gasteiger partial charge is 1.00 e. The minimum Gasteiger partial charge on any atom is -1.00 e. The number of benzene rings is 1. The maximum Gasteiger partial charge on any atom is 0.278 e. The average molecular weight is 295 g/mol. The molecule has 2 rings (SSSR count). The standard InChI is InChI=1S/C12H11N2O2.BrH/c15-14(16)12-7-3-2-6-11(12)10-13-8-4-1-5-9-13;/h1-9H,10H2;1H/q+1;/p-1. The SMILES string of the molecule is O=[N+]([O-])c1ccccc1C[n+]1ccccc1.[Br-]. The lowest BCUT2D eigenvalue weighted by molar-refractivity contribution is -0.688. The average Bonchev–Trinajstić information content (AvgIpc) is 2.31. The smallest absolute Gasteiger partial charge is 0.278 e. The molecule has 0 aliphatic rings. The molecule has 5 heteroatoms. The van der Waals surface area contributed by atoms with Gasteiger partial charge in [0.15, 0.2) is 18.9 Å². The van der Waals surface area contributed by atoms with Crippen LogP contribution in [0.1, 0.15) is 5.56 Å². The third-order valence-electron chi connectivity index (χ3n) is 2.32. The Labute approximate surface area is 109 Å². The van der Waals surface area contributed by atoms with Crippen LogP contribution in [0, 0.1) is 10.1 Å². The minimum atomic E-state index is -0.348. The van der Waals surface area contributed by atoms with Gasteiger partial charge in [-0.2, -0.15) is 0 Å². The second kappa shape index (κ2) is 6.10. The summed E-state index contributed by atoms with van der Waals surface area (Å²) in [6.07, 6.45) is 3.77. The first-order valence-electron chi connectivity index (χ1n) is 4.94. The van der Waals surface area contributed by atoms with Crippen LogP contribution in [-0.4, -0.2) is 4.92 Å². The van der Waals surface area contributed by atoms with E-state index in [1.54, 1.807) is 12.1 Å². The number of hydrogen-bond acceptors (Lipinski definition) is 2. The van der Waals surface area contributed by atoms with E-state index in [0.29, 0.717) is 12.1 Å². The first kappa shape index (κ1) is 13.3. The summed E-state index contributed by atoms with van der Waals surface area (Å²) in [5.74, 6) is 0. The van der Waals surface area contributed by atoms with Gasteiger partial charge in [0, 0.05) is 18.2 Å². The molecular formula is C12H11BrN2O2. The highest BCUT2D eigenvalue weighted by atomic mass is 79.9. The number of pyridine rings is 1. The van der Waals surface area contributed by atoms with Crippen LogP contribution < -0.4 is 21.5 Å². The normalized spacial score (nSPS) is 9.41. The van der Waals surface area contributed by atoms with Crippen LogP contribution in [0.4, 0.5) is 5.69 Å². The van der Waals surface area contributed by atoms with Crippen molar-refractivity contribution < 1.29 is 26.5 Å². The highest BCUT2D eigenvalue weighted by Crippen LogP contribution is 2.16. The predicted molar refractivity (Wildman–Crippen MR) is 58.8 cm³/mol. The van der Waals surface area contributed by atoms with E-state index in [1.807, 2.05) is 41.2 Å². The topological polar surface area (TPSA) is 47.0 Å². The molecule has 0 radical (unpaired) electrons. The lowest BCUT2D eigenvalue weighted by Gasteiger charge is -1.98. The zero-order chi connectivity index (χ0) is 11.4. The van der Waals surface area contributed by atoms with E-state index in [1.165, 1.54) is 6.07 Å². The highest BCUT2D eigenvalue weighted by Gasteiger charge is 2.15. The van der Waals surface area contributed by atoms with Crippen molar-refractivity contribution in [3.8, 4) is 0 Å². The summed E-state index contributed by atoms with van der Waals surface area (Å²) in [7, 11) is 0. The Kier molecular flexibility index (Phi) is 4.78. The van der Waals surface area contributed by atoms with Gasteiger partial charge in [0.2, 0.25) is 0 Å². The first-order valence-corrected chi connectivity index (χ1v) is 4.94. The van der Waals surface area contributed by atoms with Crippen LogP contribution in [0.15, 0.2) is 54.9 Å². The Morgan fingerprint density at radius 1 is 1.06 bits per heavy atom. The quantitative estimate of drug-likeness (QED) is 0.411. The molecule has 1 heterocycles. The summed E-state index contributed by atoms with van der Waals surface area (Å²) >= 11 is 0. The van der Waals surface area contributed by atoms with Crippen molar-refractivity contribution in [3.05, 3.63) is 70.5 Å².